The highest BCUT2D eigenvalue weighted by atomic mass is 19.4. The Labute approximate surface area is 171 Å². The summed E-state index contributed by atoms with van der Waals surface area (Å²) in [6, 6.07) is 12.4. The SMILES string of the molecule is CC(C)N(CC(=O)Nc1ccccc1C(F)(F)F)C(=O)COc1cccc(C#N)c1. The van der Waals surface area contributed by atoms with Crippen LogP contribution in [-0.2, 0) is 15.8 Å². The van der Waals surface area contributed by atoms with Crippen molar-refractivity contribution < 1.29 is 27.5 Å². The van der Waals surface area contributed by atoms with Crippen molar-refractivity contribution in [2.45, 2.75) is 26.1 Å². The number of benzene rings is 2. The zero-order valence-electron chi connectivity index (χ0n) is 16.4. The second kappa shape index (κ2) is 9.78. The highest BCUT2D eigenvalue weighted by Gasteiger charge is 2.33. The molecule has 0 aliphatic rings. The van der Waals surface area contributed by atoms with E-state index in [1.165, 1.54) is 23.1 Å². The number of para-hydroxylation sites is 1. The van der Waals surface area contributed by atoms with Crippen LogP contribution in [0.3, 0.4) is 0 Å². The summed E-state index contributed by atoms with van der Waals surface area (Å²) in [4.78, 5) is 26.0. The largest absolute Gasteiger partial charge is 0.484 e. The first-order valence-electron chi connectivity index (χ1n) is 9.00. The Hall–Kier alpha value is -3.54. The van der Waals surface area contributed by atoms with Crippen LogP contribution in [0.15, 0.2) is 48.5 Å². The lowest BCUT2D eigenvalue weighted by Gasteiger charge is -2.26. The molecule has 9 heteroatoms. The molecule has 0 saturated carbocycles. The molecule has 2 aromatic rings. The molecule has 0 saturated heterocycles. The lowest BCUT2D eigenvalue weighted by atomic mass is 10.1. The van der Waals surface area contributed by atoms with Crippen LogP contribution in [-0.4, -0.2) is 35.9 Å². The average molecular weight is 419 g/mol. The summed E-state index contributed by atoms with van der Waals surface area (Å²) in [5, 5.41) is 11.1. The number of nitrogens with one attached hydrogen (secondary N) is 1. The van der Waals surface area contributed by atoms with Gasteiger partial charge in [0.25, 0.3) is 5.91 Å². The van der Waals surface area contributed by atoms with E-state index in [0.717, 1.165) is 12.1 Å². The number of ether oxygens (including phenoxy) is 1. The third-order valence-electron chi connectivity index (χ3n) is 4.09. The monoisotopic (exact) mass is 419 g/mol. The Bertz CT molecular complexity index is 952. The van der Waals surface area contributed by atoms with E-state index in [9.17, 15) is 22.8 Å². The molecule has 0 unspecified atom stereocenters. The van der Waals surface area contributed by atoms with E-state index in [2.05, 4.69) is 5.32 Å². The maximum atomic E-state index is 13.1. The van der Waals surface area contributed by atoms with Gasteiger partial charge in [-0.2, -0.15) is 18.4 Å². The molecule has 0 aliphatic carbocycles. The van der Waals surface area contributed by atoms with Gasteiger partial charge in [0.2, 0.25) is 5.91 Å². The van der Waals surface area contributed by atoms with E-state index in [1.54, 1.807) is 32.0 Å². The highest BCUT2D eigenvalue weighted by molar-refractivity contribution is 5.95. The number of amides is 2. The van der Waals surface area contributed by atoms with Crippen LogP contribution in [0.25, 0.3) is 0 Å². The Morgan fingerprint density at radius 1 is 1.17 bits per heavy atom. The summed E-state index contributed by atoms with van der Waals surface area (Å²) in [5.41, 5.74) is -0.986. The van der Waals surface area contributed by atoms with Crippen molar-refractivity contribution in [3.05, 3.63) is 59.7 Å². The van der Waals surface area contributed by atoms with Crippen molar-refractivity contribution in [3.8, 4) is 11.8 Å². The van der Waals surface area contributed by atoms with E-state index >= 15 is 0 Å². The van der Waals surface area contributed by atoms with Crippen molar-refractivity contribution in [2.75, 3.05) is 18.5 Å². The van der Waals surface area contributed by atoms with Gasteiger partial charge in [0.15, 0.2) is 6.61 Å². The van der Waals surface area contributed by atoms with Gasteiger partial charge in [-0.15, -0.1) is 0 Å². The molecule has 0 atom stereocenters. The van der Waals surface area contributed by atoms with Gasteiger partial charge in [-0.25, -0.2) is 0 Å². The molecule has 0 aliphatic heterocycles. The number of hydrogen-bond donors (Lipinski definition) is 1. The zero-order chi connectivity index (χ0) is 22.3. The summed E-state index contributed by atoms with van der Waals surface area (Å²) in [5.74, 6) is -0.971. The molecular formula is C21H20F3N3O3. The van der Waals surface area contributed by atoms with Crippen molar-refractivity contribution in [1.82, 2.24) is 4.90 Å². The fourth-order valence-corrected chi connectivity index (χ4v) is 2.63. The number of hydrogen-bond acceptors (Lipinski definition) is 4. The fraction of sp³-hybridized carbons (Fsp3) is 0.286. The average Bonchev–Trinajstić information content (AvgIpc) is 2.69. The molecule has 0 aromatic heterocycles. The number of halogens is 3. The Morgan fingerprint density at radius 3 is 2.50 bits per heavy atom. The summed E-state index contributed by atoms with van der Waals surface area (Å²) in [6.07, 6.45) is -4.62. The summed E-state index contributed by atoms with van der Waals surface area (Å²) < 4.78 is 44.6. The minimum absolute atomic E-state index is 0.315. The van der Waals surface area contributed by atoms with Gasteiger partial charge in [0.1, 0.15) is 12.3 Å². The first-order valence-corrected chi connectivity index (χ1v) is 9.00. The molecule has 6 nitrogen and oxygen atoms in total. The smallest absolute Gasteiger partial charge is 0.418 e. The van der Waals surface area contributed by atoms with Crippen molar-refractivity contribution in [2.24, 2.45) is 0 Å². The molecule has 2 amide bonds. The molecule has 0 bridgehead atoms. The Kier molecular flexibility index (Phi) is 7.42. The van der Waals surface area contributed by atoms with Gasteiger partial charge in [0.05, 0.1) is 22.9 Å². The van der Waals surface area contributed by atoms with Crippen LogP contribution in [0.4, 0.5) is 18.9 Å². The normalized spacial score (nSPS) is 11.0. The highest BCUT2D eigenvalue weighted by Crippen LogP contribution is 2.34. The zero-order valence-corrected chi connectivity index (χ0v) is 16.4. The number of rotatable bonds is 7. The molecule has 158 valence electrons. The van der Waals surface area contributed by atoms with Gasteiger partial charge < -0.3 is 15.0 Å². The molecule has 2 rings (SSSR count). The third-order valence-corrected chi connectivity index (χ3v) is 4.09. The maximum absolute atomic E-state index is 13.1. The van der Waals surface area contributed by atoms with Crippen molar-refractivity contribution in [3.63, 3.8) is 0 Å². The van der Waals surface area contributed by atoms with Gasteiger partial charge in [0, 0.05) is 6.04 Å². The number of carbonyl (C=O) groups is 2. The fourth-order valence-electron chi connectivity index (χ4n) is 2.63. The number of nitrogens with zero attached hydrogens (tertiary/aromatic N) is 2. The minimum atomic E-state index is -4.62. The molecule has 0 heterocycles. The van der Waals surface area contributed by atoms with Crippen molar-refractivity contribution in [1.29, 1.82) is 5.26 Å². The van der Waals surface area contributed by atoms with E-state index in [1.807, 2.05) is 6.07 Å². The van der Waals surface area contributed by atoms with E-state index in [-0.39, 0.29) is 12.3 Å². The van der Waals surface area contributed by atoms with Gasteiger partial charge in [-0.05, 0) is 44.2 Å². The number of alkyl halides is 3. The molecule has 2 aromatic carbocycles. The van der Waals surface area contributed by atoms with Gasteiger partial charge >= 0.3 is 6.18 Å². The second-order valence-electron chi connectivity index (χ2n) is 6.64. The first kappa shape index (κ1) is 22.7. The van der Waals surface area contributed by atoms with Crippen LogP contribution < -0.4 is 10.1 Å². The summed E-state index contributed by atoms with van der Waals surface area (Å²) >= 11 is 0. The number of carbonyl (C=O) groups excluding carboxylic acids is 2. The van der Waals surface area contributed by atoms with Crippen LogP contribution >= 0.6 is 0 Å². The van der Waals surface area contributed by atoms with E-state index < -0.39 is 36.1 Å². The quantitative estimate of drug-likeness (QED) is 0.740. The summed E-state index contributed by atoms with van der Waals surface area (Å²) in [6.45, 7) is 2.51. The predicted molar refractivity (Wildman–Crippen MR) is 104 cm³/mol. The standard InChI is InChI=1S/C21H20F3N3O3/c1-14(2)27(20(29)13-30-16-7-5-6-15(10-16)11-25)12-19(28)26-18-9-4-3-8-17(18)21(22,23)24/h3-10,14H,12-13H2,1-2H3,(H,26,28). The predicted octanol–water partition coefficient (Wildman–Crippen LogP) is 3.83. The molecule has 0 spiro atoms. The third kappa shape index (κ3) is 6.24. The van der Waals surface area contributed by atoms with Crippen molar-refractivity contribution >= 4 is 17.5 Å². The Balaban J connectivity index is 2.04. The second-order valence-corrected chi connectivity index (χ2v) is 6.64. The Morgan fingerprint density at radius 2 is 1.87 bits per heavy atom. The maximum Gasteiger partial charge on any atom is 0.418 e. The van der Waals surface area contributed by atoms with Crippen LogP contribution in [0.1, 0.15) is 25.0 Å². The topological polar surface area (TPSA) is 82.4 Å². The molecule has 30 heavy (non-hydrogen) atoms. The van der Waals surface area contributed by atoms with Gasteiger partial charge in [-0.3, -0.25) is 9.59 Å². The lowest BCUT2D eigenvalue weighted by molar-refractivity contribution is -0.139. The molecule has 0 radical (unpaired) electrons. The molecule has 0 fully saturated rings. The van der Waals surface area contributed by atoms with Gasteiger partial charge in [-0.1, -0.05) is 18.2 Å². The lowest BCUT2D eigenvalue weighted by Crippen LogP contribution is -2.44. The van der Waals surface area contributed by atoms with E-state index in [4.69, 9.17) is 10.00 Å². The number of nitriles is 1. The van der Waals surface area contributed by atoms with Crippen LogP contribution in [0, 0.1) is 11.3 Å². The van der Waals surface area contributed by atoms with Crippen LogP contribution in [0.5, 0.6) is 5.75 Å². The van der Waals surface area contributed by atoms with Crippen LogP contribution in [0.2, 0.25) is 0 Å². The first-order chi connectivity index (χ1) is 14.1. The van der Waals surface area contributed by atoms with E-state index in [0.29, 0.717) is 11.3 Å². The number of anilines is 1. The summed E-state index contributed by atoms with van der Waals surface area (Å²) in [7, 11) is 0. The minimum Gasteiger partial charge on any atom is -0.484 e. The molecule has 1 N–H and O–H groups in total. The molecular weight excluding hydrogens is 399 g/mol.